The number of aryl methyl sites for hydroxylation is 2. The zero-order valence-corrected chi connectivity index (χ0v) is 10.0. The van der Waals surface area contributed by atoms with Gasteiger partial charge in [0, 0.05) is 32.2 Å². The molecule has 1 heterocycles. The minimum absolute atomic E-state index is 0.532. The van der Waals surface area contributed by atoms with Crippen LogP contribution in [0.1, 0.15) is 11.3 Å². The van der Waals surface area contributed by atoms with Crippen LogP contribution in [0.15, 0.2) is 0 Å². The highest BCUT2D eigenvalue weighted by molar-refractivity contribution is 5.47. The van der Waals surface area contributed by atoms with Gasteiger partial charge in [-0.05, 0) is 21.0 Å². The van der Waals surface area contributed by atoms with Gasteiger partial charge in [-0.25, -0.2) is 0 Å². The molecule has 0 atom stereocenters. The molecule has 0 aliphatic carbocycles. The molecule has 86 valence electrons. The van der Waals surface area contributed by atoms with Gasteiger partial charge < -0.3 is 16.0 Å². The van der Waals surface area contributed by atoms with Crippen molar-refractivity contribution in [2.24, 2.45) is 12.8 Å². The van der Waals surface area contributed by atoms with Crippen molar-refractivity contribution < 1.29 is 0 Å². The molecule has 15 heavy (non-hydrogen) atoms. The Morgan fingerprint density at radius 2 is 2.13 bits per heavy atom. The van der Waals surface area contributed by atoms with E-state index in [0.29, 0.717) is 6.54 Å². The fourth-order valence-electron chi connectivity index (χ4n) is 1.57. The van der Waals surface area contributed by atoms with Crippen LogP contribution in [0.25, 0.3) is 0 Å². The summed E-state index contributed by atoms with van der Waals surface area (Å²) in [4.78, 5) is 2.14. The van der Waals surface area contributed by atoms with Crippen LogP contribution in [-0.4, -0.2) is 41.9 Å². The lowest BCUT2D eigenvalue weighted by atomic mass is 10.2. The van der Waals surface area contributed by atoms with Crippen LogP contribution in [0.4, 0.5) is 5.82 Å². The number of anilines is 1. The van der Waals surface area contributed by atoms with Crippen LogP contribution < -0.4 is 11.1 Å². The molecule has 0 unspecified atom stereocenters. The lowest BCUT2D eigenvalue weighted by Gasteiger charge is -2.12. The lowest BCUT2D eigenvalue weighted by molar-refractivity contribution is 0.424. The average Bonchev–Trinajstić information content (AvgIpc) is 2.41. The van der Waals surface area contributed by atoms with Crippen LogP contribution in [0.3, 0.4) is 0 Å². The van der Waals surface area contributed by atoms with Gasteiger partial charge in [0.15, 0.2) is 0 Å². The van der Waals surface area contributed by atoms with Crippen molar-refractivity contribution in [3.63, 3.8) is 0 Å². The van der Waals surface area contributed by atoms with E-state index in [2.05, 4.69) is 29.4 Å². The first-order valence-electron chi connectivity index (χ1n) is 5.17. The largest absolute Gasteiger partial charge is 0.369 e. The molecule has 3 N–H and O–H groups in total. The molecule has 0 fully saturated rings. The Kier molecular flexibility index (Phi) is 4.11. The van der Waals surface area contributed by atoms with Crippen molar-refractivity contribution in [2.75, 3.05) is 32.5 Å². The SMILES string of the molecule is Cc1nn(C)c(NCCN(C)C)c1CN. The summed E-state index contributed by atoms with van der Waals surface area (Å²) < 4.78 is 1.85. The van der Waals surface area contributed by atoms with E-state index in [-0.39, 0.29) is 0 Å². The van der Waals surface area contributed by atoms with E-state index < -0.39 is 0 Å². The second-order valence-corrected chi connectivity index (χ2v) is 3.97. The van der Waals surface area contributed by atoms with E-state index in [1.54, 1.807) is 0 Å². The van der Waals surface area contributed by atoms with Gasteiger partial charge in [0.05, 0.1) is 5.69 Å². The molecule has 0 radical (unpaired) electrons. The molecule has 1 aromatic rings. The number of hydrogen-bond donors (Lipinski definition) is 2. The Balaban J connectivity index is 2.67. The van der Waals surface area contributed by atoms with Crippen LogP contribution in [0.2, 0.25) is 0 Å². The monoisotopic (exact) mass is 211 g/mol. The van der Waals surface area contributed by atoms with Crippen molar-refractivity contribution in [3.8, 4) is 0 Å². The molecule has 0 aliphatic heterocycles. The van der Waals surface area contributed by atoms with Gasteiger partial charge in [0.2, 0.25) is 0 Å². The zero-order valence-electron chi connectivity index (χ0n) is 10.0. The molecular formula is C10H21N5. The maximum absolute atomic E-state index is 5.69. The second-order valence-electron chi connectivity index (χ2n) is 3.97. The van der Waals surface area contributed by atoms with Gasteiger partial charge in [-0.1, -0.05) is 0 Å². The topological polar surface area (TPSA) is 59.1 Å². The summed E-state index contributed by atoms with van der Waals surface area (Å²) in [6.07, 6.45) is 0. The second kappa shape index (κ2) is 5.14. The van der Waals surface area contributed by atoms with Crippen LogP contribution >= 0.6 is 0 Å². The Morgan fingerprint density at radius 3 is 2.67 bits per heavy atom. The van der Waals surface area contributed by atoms with Gasteiger partial charge in [-0.2, -0.15) is 5.10 Å². The van der Waals surface area contributed by atoms with Gasteiger partial charge >= 0.3 is 0 Å². The lowest BCUT2D eigenvalue weighted by Crippen LogP contribution is -2.22. The summed E-state index contributed by atoms with van der Waals surface area (Å²) in [6, 6.07) is 0. The maximum Gasteiger partial charge on any atom is 0.128 e. The van der Waals surface area contributed by atoms with Gasteiger partial charge in [0.25, 0.3) is 0 Å². The number of nitrogens with one attached hydrogen (secondary N) is 1. The van der Waals surface area contributed by atoms with Crippen molar-refractivity contribution in [1.82, 2.24) is 14.7 Å². The summed E-state index contributed by atoms with van der Waals surface area (Å²) in [6.45, 7) is 4.41. The minimum Gasteiger partial charge on any atom is -0.369 e. The highest BCUT2D eigenvalue weighted by atomic mass is 15.3. The summed E-state index contributed by atoms with van der Waals surface area (Å²) in [5.41, 5.74) is 7.81. The van der Waals surface area contributed by atoms with E-state index >= 15 is 0 Å². The van der Waals surface area contributed by atoms with Gasteiger partial charge in [-0.3, -0.25) is 4.68 Å². The van der Waals surface area contributed by atoms with E-state index in [1.165, 1.54) is 0 Å². The zero-order chi connectivity index (χ0) is 11.4. The minimum atomic E-state index is 0.532. The summed E-state index contributed by atoms with van der Waals surface area (Å²) >= 11 is 0. The van der Waals surface area contributed by atoms with Crippen molar-refractivity contribution in [3.05, 3.63) is 11.3 Å². The molecule has 0 saturated heterocycles. The van der Waals surface area contributed by atoms with E-state index in [1.807, 2.05) is 18.7 Å². The smallest absolute Gasteiger partial charge is 0.128 e. The van der Waals surface area contributed by atoms with Gasteiger partial charge in [-0.15, -0.1) is 0 Å². The molecule has 0 amide bonds. The van der Waals surface area contributed by atoms with Crippen molar-refractivity contribution >= 4 is 5.82 Å². The highest BCUT2D eigenvalue weighted by Gasteiger charge is 2.10. The molecule has 5 heteroatoms. The maximum atomic E-state index is 5.69. The Morgan fingerprint density at radius 1 is 1.47 bits per heavy atom. The Bertz CT molecular complexity index is 316. The van der Waals surface area contributed by atoms with Crippen LogP contribution in [-0.2, 0) is 13.6 Å². The van der Waals surface area contributed by atoms with E-state index in [0.717, 1.165) is 30.2 Å². The predicted octanol–water partition coefficient (Wildman–Crippen LogP) is 0.161. The molecular weight excluding hydrogens is 190 g/mol. The Hall–Kier alpha value is -1.07. The molecule has 0 aliphatic rings. The normalized spacial score (nSPS) is 11.1. The number of likely N-dealkylation sites (N-methyl/N-ethyl adjacent to an activating group) is 1. The molecule has 0 saturated carbocycles. The summed E-state index contributed by atoms with van der Waals surface area (Å²) in [5, 5.41) is 7.70. The molecule has 0 spiro atoms. The third-order valence-electron chi connectivity index (χ3n) is 2.40. The fraction of sp³-hybridized carbons (Fsp3) is 0.700. The molecule has 0 bridgehead atoms. The number of aromatic nitrogens is 2. The highest BCUT2D eigenvalue weighted by Crippen LogP contribution is 2.17. The Labute approximate surface area is 91.2 Å². The standard InChI is InChI=1S/C10H21N5/c1-8-9(7-11)10(15(4)13-8)12-5-6-14(2)3/h12H,5-7,11H2,1-4H3. The first-order valence-corrected chi connectivity index (χ1v) is 5.17. The average molecular weight is 211 g/mol. The summed E-state index contributed by atoms with van der Waals surface area (Å²) in [7, 11) is 6.05. The number of rotatable bonds is 5. The first kappa shape index (κ1) is 12.0. The van der Waals surface area contributed by atoms with Gasteiger partial charge in [0.1, 0.15) is 5.82 Å². The molecule has 1 rings (SSSR count). The molecule has 5 nitrogen and oxygen atoms in total. The van der Waals surface area contributed by atoms with E-state index in [4.69, 9.17) is 5.73 Å². The number of nitrogens with two attached hydrogens (primary N) is 1. The third kappa shape index (κ3) is 2.94. The third-order valence-corrected chi connectivity index (χ3v) is 2.40. The first-order chi connectivity index (χ1) is 7.06. The van der Waals surface area contributed by atoms with Crippen molar-refractivity contribution in [1.29, 1.82) is 0 Å². The predicted molar refractivity (Wildman–Crippen MR) is 62.9 cm³/mol. The van der Waals surface area contributed by atoms with Crippen LogP contribution in [0.5, 0.6) is 0 Å². The summed E-state index contributed by atoms with van der Waals surface area (Å²) in [5.74, 6) is 1.04. The van der Waals surface area contributed by atoms with Crippen molar-refractivity contribution in [2.45, 2.75) is 13.5 Å². The fourth-order valence-corrected chi connectivity index (χ4v) is 1.57. The number of hydrogen-bond acceptors (Lipinski definition) is 4. The number of nitrogens with zero attached hydrogens (tertiary/aromatic N) is 3. The molecule has 1 aromatic heterocycles. The molecule has 0 aromatic carbocycles. The quantitative estimate of drug-likeness (QED) is 0.728. The van der Waals surface area contributed by atoms with Crippen LogP contribution in [0, 0.1) is 6.92 Å². The van der Waals surface area contributed by atoms with E-state index in [9.17, 15) is 0 Å².